The molecule has 0 radical (unpaired) electrons. The summed E-state index contributed by atoms with van der Waals surface area (Å²) in [5.41, 5.74) is -1.16. The Bertz CT molecular complexity index is 770. The number of rotatable bonds is 4. The number of hydrogen-bond acceptors (Lipinski definition) is 3. The third-order valence-corrected chi connectivity index (χ3v) is 4.49. The lowest BCUT2D eigenvalue weighted by molar-refractivity contribution is -0.0532. The van der Waals surface area contributed by atoms with E-state index in [2.05, 4.69) is 0 Å². The Labute approximate surface area is 150 Å². The average Bonchev–Trinajstić information content (AvgIpc) is 2.60. The summed E-state index contributed by atoms with van der Waals surface area (Å²) < 4.78 is 19.5. The lowest BCUT2D eigenvalue weighted by Gasteiger charge is -2.39. The van der Waals surface area contributed by atoms with E-state index >= 15 is 0 Å². The van der Waals surface area contributed by atoms with Crippen molar-refractivity contribution in [2.75, 3.05) is 19.7 Å². The van der Waals surface area contributed by atoms with Gasteiger partial charge in [-0.05, 0) is 43.2 Å². The van der Waals surface area contributed by atoms with Crippen molar-refractivity contribution in [2.24, 2.45) is 0 Å². The van der Waals surface area contributed by atoms with Gasteiger partial charge in [-0.3, -0.25) is 4.79 Å². The Morgan fingerprint density at radius 2 is 2.08 bits per heavy atom. The second-order valence-electron chi connectivity index (χ2n) is 6.28. The third kappa shape index (κ3) is 4.30. The van der Waals surface area contributed by atoms with Crippen molar-refractivity contribution in [1.29, 1.82) is 0 Å². The molecule has 2 aromatic rings. The van der Waals surface area contributed by atoms with E-state index in [0.717, 1.165) is 0 Å². The van der Waals surface area contributed by atoms with Crippen LogP contribution in [0.5, 0.6) is 5.75 Å². The predicted octanol–water partition coefficient (Wildman–Crippen LogP) is 3.53. The van der Waals surface area contributed by atoms with Crippen LogP contribution < -0.4 is 4.74 Å². The van der Waals surface area contributed by atoms with Crippen LogP contribution >= 0.6 is 11.6 Å². The molecule has 1 fully saturated rings. The first kappa shape index (κ1) is 17.7. The number of ether oxygens (including phenoxy) is 1. The Morgan fingerprint density at radius 3 is 2.84 bits per heavy atom. The number of β-amino-alcohol motifs (C(OH)–C–C–N with tert-alkyl or cyclic N) is 1. The maximum absolute atomic E-state index is 13.8. The summed E-state index contributed by atoms with van der Waals surface area (Å²) in [6.45, 7) is 0.613. The number of benzene rings is 2. The van der Waals surface area contributed by atoms with Crippen LogP contribution in [-0.2, 0) is 0 Å². The molecule has 1 heterocycles. The molecule has 1 unspecified atom stereocenters. The van der Waals surface area contributed by atoms with Gasteiger partial charge < -0.3 is 14.7 Å². The smallest absolute Gasteiger partial charge is 0.256 e. The minimum absolute atomic E-state index is 0.0162. The van der Waals surface area contributed by atoms with Gasteiger partial charge in [0.05, 0.1) is 12.1 Å². The highest BCUT2D eigenvalue weighted by atomic mass is 35.5. The number of hydrogen-bond donors (Lipinski definition) is 1. The van der Waals surface area contributed by atoms with Crippen LogP contribution in [-0.4, -0.2) is 41.2 Å². The van der Waals surface area contributed by atoms with Crippen molar-refractivity contribution >= 4 is 17.5 Å². The van der Waals surface area contributed by atoms with E-state index in [1.54, 1.807) is 30.3 Å². The molecule has 4 nitrogen and oxygen atoms in total. The molecular formula is C19H19ClFNO3. The molecule has 1 atom stereocenters. The summed E-state index contributed by atoms with van der Waals surface area (Å²) >= 11 is 5.92. The number of likely N-dealkylation sites (tertiary alicyclic amines) is 1. The van der Waals surface area contributed by atoms with E-state index in [1.807, 2.05) is 0 Å². The fourth-order valence-electron chi connectivity index (χ4n) is 2.98. The van der Waals surface area contributed by atoms with Crippen LogP contribution in [0.15, 0.2) is 48.5 Å². The summed E-state index contributed by atoms with van der Waals surface area (Å²) in [4.78, 5) is 14.0. The van der Waals surface area contributed by atoms with E-state index in [9.17, 15) is 14.3 Å². The van der Waals surface area contributed by atoms with Gasteiger partial charge in [0.15, 0.2) is 0 Å². The lowest BCUT2D eigenvalue weighted by Crippen LogP contribution is -2.53. The molecule has 2 aromatic carbocycles. The zero-order chi connectivity index (χ0) is 17.9. The SMILES string of the molecule is O=C(c1ccccc1F)N1CCCC(O)(COc2cccc(Cl)c2)C1. The van der Waals surface area contributed by atoms with Crippen LogP contribution in [0.25, 0.3) is 0 Å². The number of piperidine rings is 1. The number of nitrogens with zero attached hydrogens (tertiary/aromatic N) is 1. The molecule has 0 aliphatic carbocycles. The van der Waals surface area contributed by atoms with E-state index in [0.29, 0.717) is 30.2 Å². The van der Waals surface area contributed by atoms with Crippen LogP contribution in [0, 0.1) is 5.82 Å². The highest BCUT2D eigenvalue weighted by Crippen LogP contribution is 2.25. The van der Waals surface area contributed by atoms with E-state index in [-0.39, 0.29) is 18.7 Å². The minimum Gasteiger partial charge on any atom is -0.490 e. The van der Waals surface area contributed by atoms with Crippen molar-refractivity contribution in [3.63, 3.8) is 0 Å². The molecule has 0 aromatic heterocycles. The minimum atomic E-state index is -1.18. The van der Waals surface area contributed by atoms with Gasteiger partial charge in [-0.25, -0.2) is 4.39 Å². The van der Waals surface area contributed by atoms with Crippen molar-refractivity contribution in [2.45, 2.75) is 18.4 Å². The molecule has 1 amide bonds. The largest absolute Gasteiger partial charge is 0.490 e. The van der Waals surface area contributed by atoms with Gasteiger partial charge in [-0.15, -0.1) is 0 Å². The van der Waals surface area contributed by atoms with Crippen molar-refractivity contribution in [3.8, 4) is 5.75 Å². The van der Waals surface area contributed by atoms with Crippen molar-refractivity contribution in [1.82, 2.24) is 4.90 Å². The molecule has 1 saturated heterocycles. The van der Waals surface area contributed by atoms with Gasteiger partial charge in [-0.1, -0.05) is 29.8 Å². The Morgan fingerprint density at radius 1 is 1.28 bits per heavy atom. The summed E-state index contributed by atoms with van der Waals surface area (Å²) in [7, 11) is 0. The quantitative estimate of drug-likeness (QED) is 0.904. The van der Waals surface area contributed by atoms with Crippen LogP contribution in [0.4, 0.5) is 4.39 Å². The molecular weight excluding hydrogens is 345 g/mol. The van der Waals surface area contributed by atoms with Gasteiger partial charge in [0.2, 0.25) is 0 Å². The number of carbonyl (C=O) groups excluding carboxylic acids is 1. The molecule has 25 heavy (non-hydrogen) atoms. The first-order valence-corrected chi connectivity index (χ1v) is 8.49. The first-order chi connectivity index (χ1) is 12.0. The molecule has 1 N–H and O–H groups in total. The van der Waals surface area contributed by atoms with Crippen molar-refractivity contribution in [3.05, 3.63) is 64.9 Å². The van der Waals surface area contributed by atoms with Crippen molar-refractivity contribution < 1.29 is 19.0 Å². The van der Waals surface area contributed by atoms with Gasteiger partial charge in [-0.2, -0.15) is 0 Å². The van der Waals surface area contributed by atoms with Crippen LogP contribution in [0.2, 0.25) is 5.02 Å². The maximum Gasteiger partial charge on any atom is 0.256 e. The van der Waals surface area contributed by atoms with E-state index < -0.39 is 17.3 Å². The lowest BCUT2D eigenvalue weighted by atomic mass is 9.93. The summed E-state index contributed by atoms with van der Waals surface area (Å²) in [6.07, 6.45) is 1.13. The molecule has 132 valence electrons. The fourth-order valence-corrected chi connectivity index (χ4v) is 3.16. The molecule has 6 heteroatoms. The predicted molar refractivity (Wildman–Crippen MR) is 93.4 cm³/mol. The molecule has 1 aliphatic heterocycles. The standard InChI is InChI=1S/C19H19ClFNO3/c20-14-5-3-6-15(11-14)25-13-19(24)9-4-10-22(12-19)18(23)16-7-1-2-8-17(16)21/h1-3,5-8,11,24H,4,9-10,12-13H2. The second kappa shape index (κ2) is 7.42. The number of carbonyl (C=O) groups is 1. The maximum atomic E-state index is 13.8. The first-order valence-electron chi connectivity index (χ1n) is 8.11. The van der Waals surface area contributed by atoms with E-state index in [1.165, 1.54) is 23.1 Å². The normalized spacial score (nSPS) is 20.4. The van der Waals surface area contributed by atoms with E-state index in [4.69, 9.17) is 16.3 Å². The molecule has 1 aliphatic rings. The zero-order valence-corrected chi connectivity index (χ0v) is 14.4. The summed E-state index contributed by atoms with van der Waals surface area (Å²) in [6, 6.07) is 12.8. The van der Waals surface area contributed by atoms with Crippen LogP contribution in [0.1, 0.15) is 23.2 Å². The highest BCUT2D eigenvalue weighted by molar-refractivity contribution is 6.30. The Hall–Kier alpha value is -2.11. The topological polar surface area (TPSA) is 49.8 Å². The molecule has 0 spiro atoms. The summed E-state index contributed by atoms with van der Waals surface area (Å²) in [5.74, 6) is -0.422. The van der Waals surface area contributed by atoms with Crippen LogP contribution in [0.3, 0.4) is 0 Å². The average molecular weight is 364 g/mol. The molecule has 0 saturated carbocycles. The Balaban J connectivity index is 1.67. The molecule has 3 rings (SSSR count). The van der Waals surface area contributed by atoms with Gasteiger partial charge in [0, 0.05) is 11.6 Å². The Kier molecular flexibility index (Phi) is 5.25. The van der Waals surface area contributed by atoms with Gasteiger partial charge in [0.1, 0.15) is 23.8 Å². The fraction of sp³-hybridized carbons (Fsp3) is 0.316. The zero-order valence-electron chi connectivity index (χ0n) is 13.6. The number of aliphatic hydroxyl groups is 1. The summed E-state index contributed by atoms with van der Waals surface area (Å²) in [5, 5.41) is 11.3. The second-order valence-corrected chi connectivity index (χ2v) is 6.72. The molecule has 0 bridgehead atoms. The highest BCUT2D eigenvalue weighted by Gasteiger charge is 2.36. The third-order valence-electron chi connectivity index (χ3n) is 4.25. The van der Waals surface area contributed by atoms with Gasteiger partial charge >= 0.3 is 0 Å². The number of halogens is 2. The van der Waals surface area contributed by atoms with Gasteiger partial charge in [0.25, 0.3) is 5.91 Å². The number of amides is 1. The monoisotopic (exact) mass is 363 g/mol.